The van der Waals surface area contributed by atoms with E-state index in [2.05, 4.69) is 24.9 Å². The summed E-state index contributed by atoms with van der Waals surface area (Å²) in [6.07, 6.45) is 2.77. The minimum absolute atomic E-state index is 0.0890. The monoisotopic (exact) mass is 291 g/mol. The van der Waals surface area contributed by atoms with Crippen molar-refractivity contribution < 1.29 is 9.84 Å². The number of rotatable bonds is 7. The van der Waals surface area contributed by atoms with Crippen molar-refractivity contribution in [1.82, 2.24) is 4.98 Å². The highest BCUT2D eigenvalue weighted by Gasteiger charge is 2.09. The first-order valence-corrected chi connectivity index (χ1v) is 7.82. The molecule has 0 amide bonds. The summed E-state index contributed by atoms with van der Waals surface area (Å²) in [5, 5.41) is 10.4. The van der Waals surface area contributed by atoms with Gasteiger partial charge >= 0.3 is 0 Å². The minimum atomic E-state index is 0.0890. The van der Waals surface area contributed by atoms with Gasteiger partial charge in [0.25, 0.3) is 0 Å². The van der Waals surface area contributed by atoms with E-state index in [0.717, 1.165) is 40.6 Å². The molecule has 3 nitrogen and oxygen atoms in total. The number of thiazole rings is 1. The van der Waals surface area contributed by atoms with Crippen LogP contribution in [-0.2, 0) is 19.4 Å². The van der Waals surface area contributed by atoms with Crippen LogP contribution >= 0.6 is 11.3 Å². The van der Waals surface area contributed by atoms with Crippen LogP contribution in [0.5, 0.6) is 5.75 Å². The average molecular weight is 291 g/mol. The fourth-order valence-electron chi connectivity index (χ4n) is 2.06. The molecule has 4 heteroatoms. The minimum Gasteiger partial charge on any atom is -0.493 e. The number of aliphatic hydroxyl groups is 1. The first-order valence-electron chi connectivity index (χ1n) is 7.00. The van der Waals surface area contributed by atoms with Gasteiger partial charge < -0.3 is 9.84 Å². The number of ether oxygens (including phenoxy) is 1. The van der Waals surface area contributed by atoms with Gasteiger partial charge in [0, 0.05) is 6.42 Å². The maximum atomic E-state index is 9.33. The van der Waals surface area contributed by atoms with Crippen LogP contribution in [0.1, 0.15) is 34.5 Å². The van der Waals surface area contributed by atoms with E-state index in [1.54, 1.807) is 11.3 Å². The van der Waals surface area contributed by atoms with E-state index in [4.69, 9.17) is 4.74 Å². The zero-order valence-corrected chi connectivity index (χ0v) is 12.9. The summed E-state index contributed by atoms with van der Waals surface area (Å²) >= 11 is 1.60. The molecule has 2 aromatic rings. The molecular formula is C16H21NO2S. The average Bonchev–Trinajstić information content (AvgIpc) is 2.82. The second kappa shape index (κ2) is 7.41. The number of hydrogen-bond donors (Lipinski definition) is 1. The highest BCUT2D eigenvalue weighted by Crippen LogP contribution is 2.21. The Morgan fingerprint density at radius 3 is 2.85 bits per heavy atom. The molecule has 108 valence electrons. The van der Waals surface area contributed by atoms with Gasteiger partial charge in [-0.3, -0.25) is 0 Å². The molecule has 2 rings (SSSR count). The van der Waals surface area contributed by atoms with Crippen molar-refractivity contribution in [3.63, 3.8) is 0 Å². The fraction of sp³-hybridized carbons (Fsp3) is 0.438. The summed E-state index contributed by atoms with van der Waals surface area (Å²) in [4.78, 5) is 5.60. The fourth-order valence-corrected chi connectivity index (χ4v) is 3.02. The van der Waals surface area contributed by atoms with Crippen LogP contribution in [-0.4, -0.2) is 16.7 Å². The third-order valence-corrected chi connectivity index (χ3v) is 4.17. The summed E-state index contributed by atoms with van der Waals surface area (Å²) in [6, 6.07) is 8.05. The van der Waals surface area contributed by atoms with Crippen LogP contribution in [0.3, 0.4) is 0 Å². The van der Waals surface area contributed by atoms with Gasteiger partial charge in [0.2, 0.25) is 0 Å². The molecule has 0 fully saturated rings. The van der Waals surface area contributed by atoms with E-state index in [-0.39, 0.29) is 6.61 Å². The number of aryl methyl sites for hydroxylation is 2. The van der Waals surface area contributed by atoms with Gasteiger partial charge in [-0.2, -0.15) is 0 Å². The Labute approximate surface area is 124 Å². The van der Waals surface area contributed by atoms with Gasteiger partial charge in [-0.25, -0.2) is 4.98 Å². The molecule has 0 saturated heterocycles. The van der Waals surface area contributed by atoms with Crippen molar-refractivity contribution in [2.75, 3.05) is 6.61 Å². The van der Waals surface area contributed by atoms with E-state index in [0.29, 0.717) is 6.61 Å². The zero-order valence-electron chi connectivity index (χ0n) is 12.1. The van der Waals surface area contributed by atoms with E-state index in [1.165, 1.54) is 5.56 Å². The molecule has 0 atom stereocenters. The lowest BCUT2D eigenvalue weighted by Crippen LogP contribution is -2.01. The summed E-state index contributed by atoms with van der Waals surface area (Å²) < 4.78 is 5.74. The maximum Gasteiger partial charge on any atom is 0.119 e. The van der Waals surface area contributed by atoms with Crippen LogP contribution in [0.25, 0.3) is 0 Å². The number of benzene rings is 1. The van der Waals surface area contributed by atoms with Gasteiger partial charge in [0.15, 0.2) is 0 Å². The number of hydrogen-bond acceptors (Lipinski definition) is 4. The second-order valence-electron chi connectivity index (χ2n) is 4.80. The Hall–Kier alpha value is -1.39. The van der Waals surface area contributed by atoms with Crippen LogP contribution in [0, 0.1) is 6.92 Å². The van der Waals surface area contributed by atoms with E-state index in [9.17, 15) is 5.11 Å². The topological polar surface area (TPSA) is 42.4 Å². The van der Waals surface area contributed by atoms with Gasteiger partial charge in [-0.1, -0.05) is 25.5 Å². The summed E-state index contributed by atoms with van der Waals surface area (Å²) in [7, 11) is 0. The molecule has 1 aromatic carbocycles. The van der Waals surface area contributed by atoms with E-state index >= 15 is 0 Å². The van der Waals surface area contributed by atoms with Crippen molar-refractivity contribution >= 4 is 11.3 Å². The lowest BCUT2D eigenvalue weighted by atomic mass is 10.2. The molecule has 1 heterocycles. The molecular weight excluding hydrogens is 270 g/mol. The summed E-state index contributed by atoms with van der Waals surface area (Å²) in [5.41, 5.74) is 2.25. The van der Waals surface area contributed by atoms with Crippen molar-refractivity contribution in [2.24, 2.45) is 0 Å². The first kappa shape index (κ1) is 15.0. The molecule has 0 spiro atoms. The Morgan fingerprint density at radius 1 is 1.30 bits per heavy atom. The van der Waals surface area contributed by atoms with Crippen LogP contribution in [0.15, 0.2) is 24.3 Å². The third kappa shape index (κ3) is 4.05. The van der Waals surface area contributed by atoms with E-state index < -0.39 is 0 Å². The van der Waals surface area contributed by atoms with Crippen molar-refractivity contribution in [3.05, 3.63) is 45.4 Å². The third-order valence-electron chi connectivity index (χ3n) is 3.03. The molecule has 1 aromatic heterocycles. The van der Waals surface area contributed by atoms with Crippen LogP contribution in [0.2, 0.25) is 0 Å². The van der Waals surface area contributed by atoms with E-state index in [1.807, 2.05) is 18.2 Å². The van der Waals surface area contributed by atoms with Gasteiger partial charge in [-0.15, -0.1) is 11.3 Å². The molecule has 0 aliphatic rings. The van der Waals surface area contributed by atoms with Crippen molar-refractivity contribution in [3.8, 4) is 5.75 Å². The smallest absolute Gasteiger partial charge is 0.119 e. The Balaban J connectivity index is 1.90. The van der Waals surface area contributed by atoms with Crippen molar-refractivity contribution in [1.29, 1.82) is 0 Å². The molecule has 0 aliphatic heterocycles. The predicted molar refractivity (Wildman–Crippen MR) is 82.4 cm³/mol. The number of aliphatic hydroxyl groups excluding tert-OH is 1. The second-order valence-corrected chi connectivity index (χ2v) is 5.97. The van der Waals surface area contributed by atoms with Crippen LogP contribution < -0.4 is 4.74 Å². The Bertz CT molecular complexity index is 551. The number of aromatic nitrogens is 1. The molecule has 1 N–H and O–H groups in total. The summed E-state index contributed by atoms with van der Waals surface area (Å²) in [5.74, 6) is 0.901. The number of nitrogens with zero attached hydrogens (tertiary/aromatic N) is 1. The highest BCUT2D eigenvalue weighted by molar-refractivity contribution is 7.11. The lowest BCUT2D eigenvalue weighted by Gasteiger charge is -2.05. The SMILES string of the molecule is CCCc1nc(CCOc2cccc(C)c2)sc1CO. The first-order chi connectivity index (χ1) is 9.72. The standard InChI is InChI=1S/C16H21NO2S/c1-3-5-14-15(11-18)20-16(17-14)8-9-19-13-7-4-6-12(2)10-13/h4,6-7,10,18H,3,5,8-9,11H2,1-2H3. The zero-order chi connectivity index (χ0) is 14.4. The molecule has 0 unspecified atom stereocenters. The Morgan fingerprint density at radius 2 is 2.15 bits per heavy atom. The lowest BCUT2D eigenvalue weighted by molar-refractivity contribution is 0.284. The predicted octanol–water partition coefficient (Wildman–Crippen LogP) is 3.52. The van der Waals surface area contributed by atoms with Gasteiger partial charge in [0.05, 0.1) is 28.8 Å². The molecule has 0 saturated carbocycles. The van der Waals surface area contributed by atoms with Gasteiger partial charge in [-0.05, 0) is 31.0 Å². The normalized spacial score (nSPS) is 10.8. The Kier molecular flexibility index (Phi) is 5.56. The molecule has 0 bridgehead atoms. The maximum absolute atomic E-state index is 9.33. The summed E-state index contributed by atoms with van der Waals surface area (Å²) in [6.45, 7) is 4.89. The van der Waals surface area contributed by atoms with Crippen molar-refractivity contribution in [2.45, 2.75) is 39.7 Å². The molecule has 0 radical (unpaired) electrons. The van der Waals surface area contributed by atoms with Gasteiger partial charge in [0.1, 0.15) is 5.75 Å². The highest BCUT2D eigenvalue weighted by atomic mass is 32.1. The van der Waals surface area contributed by atoms with Crippen LogP contribution in [0.4, 0.5) is 0 Å². The molecule has 20 heavy (non-hydrogen) atoms. The molecule has 0 aliphatic carbocycles. The quantitative estimate of drug-likeness (QED) is 0.848. The largest absolute Gasteiger partial charge is 0.493 e.